The maximum absolute atomic E-state index is 11.0. The summed E-state index contributed by atoms with van der Waals surface area (Å²) in [4.78, 5) is 11.0. The first-order valence-corrected chi connectivity index (χ1v) is 7.67. The molecule has 0 saturated heterocycles. The maximum Gasteiger partial charge on any atom is 0.153 e. The summed E-state index contributed by atoms with van der Waals surface area (Å²) in [5, 5.41) is 0. The van der Waals surface area contributed by atoms with Gasteiger partial charge in [-0.15, -0.1) is 0 Å². The van der Waals surface area contributed by atoms with Gasteiger partial charge in [0.15, 0.2) is 6.29 Å². The first kappa shape index (κ1) is 15.8. The van der Waals surface area contributed by atoms with E-state index in [1.54, 1.807) is 6.07 Å². The molecular weight excluding hydrogens is 328 g/mol. The summed E-state index contributed by atoms with van der Waals surface area (Å²) in [6.07, 6.45) is 0.808. The molecule has 2 nitrogen and oxygen atoms in total. The summed E-state index contributed by atoms with van der Waals surface area (Å²) >= 11 is 3.42. The van der Waals surface area contributed by atoms with Gasteiger partial charge in [-0.25, -0.2) is 0 Å². The summed E-state index contributed by atoms with van der Waals surface area (Å²) in [7, 11) is 0. The average Bonchev–Trinajstić information content (AvgIpc) is 2.45. The number of ether oxygens (including phenoxy) is 1. The summed E-state index contributed by atoms with van der Waals surface area (Å²) in [6, 6.07) is 13.8. The third kappa shape index (κ3) is 3.94. The van der Waals surface area contributed by atoms with Crippen LogP contribution < -0.4 is 4.74 Å². The lowest BCUT2D eigenvalue weighted by molar-refractivity contribution is 0.111. The van der Waals surface area contributed by atoms with Gasteiger partial charge >= 0.3 is 0 Å². The van der Waals surface area contributed by atoms with E-state index in [1.165, 1.54) is 5.56 Å². The van der Waals surface area contributed by atoms with E-state index < -0.39 is 0 Å². The van der Waals surface area contributed by atoms with Gasteiger partial charge in [-0.1, -0.05) is 51.1 Å². The molecule has 0 unspecified atom stereocenters. The second kappa shape index (κ2) is 6.44. The molecular formula is C18H19BrO2. The first-order chi connectivity index (χ1) is 9.91. The first-order valence-electron chi connectivity index (χ1n) is 6.88. The zero-order chi connectivity index (χ0) is 15.5. The van der Waals surface area contributed by atoms with Crippen molar-refractivity contribution < 1.29 is 9.53 Å². The van der Waals surface area contributed by atoms with Gasteiger partial charge in [-0.3, -0.25) is 4.79 Å². The molecule has 0 aliphatic rings. The summed E-state index contributed by atoms with van der Waals surface area (Å²) in [6.45, 7) is 7.01. The number of rotatable bonds is 4. The Hall–Kier alpha value is -1.61. The van der Waals surface area contributed by atoms with Crippen molar-refractivity contribution in [2.75, 3.05) is 0 Å². The Bertz CT molecular complexity index is 625. The number of benzene rings is 2. The van der Waals surface area contributed by atoms with E-state index in [-0.39, 0.29) is 5.41 Å². The van der Waals surface area contributed by atoms with Gasteiger partial charge in [0.1, 0.15) is 12.4 Å². The zero-order valence-corrected chi connectivity index (χ0v) is 14.1. The number of hydrogen-bond donors (Lipinski definition) is 0. The Morgan fingerprint density at radius 1 is 1.10 bits per heavy atom. The number of aldehydes is 1. The molecule has 0 bridgehead atoms. The van der Waals surface area contributed by atoms with Crippen LogP contribution in [-0.2, 0) is 12.0 Å². The van der Waals surface area contributed by atoms with Crippen molar-refractivity contribution in [1.82, 2.24) is 0 Å². The average molecular weight is 347 g/mol. The third-order valence-electron chi connectivity index (χ3n) is 3.33. The minimum atomic E-state index is 0.145. The van der Waals surface area contributed by atoms with Crippen molar-refractivity contribution in [1.29, 1.82) is 0 Å². The molecule has 0 fully saturated rings. The Labute approximate surface area is 134 Å². The minimum Gasteiger partial charge on any atom is -0.487 e. The summed E-state index contributed by atoms with van der Waals surface area (Å²) < 4.78 is 6.58. The largest absolute Gasteiger partial charge is 0.487 e. The molecule has 0 aromatic heterocycles. The molecule has 2 aromatic rings. The van der Waals surface area contributed by atoms with Crippen molar-refractivity contribution in [3.05, 3.63) is 63.6 Å². The van der Waals surface area contributed by atoms with Crippen LogP contribution in [0.2, 0.25) is 0 Å². The van der Waals surface area contributed by atoms with E-state index in [9.17, 15) is 4.79 Å². The molecule has 21 heavy (non-hydrogen) atoms. The molecule has 0 amide bonds. The van der Waals surface area contributed by atoms with Crippen LogP contribution in [0.4, 0.5) is 0 Å². The normalized spacial score (nSPS) is 11.2. The molecule has 0 aliphatic heterocycles. The molecule has 2 aromatic carbocycles. The smallest absolute Gasteiger partial charge is 0.153 e. The Balaban J connectivity index is 2.12. The molecule has 0 radical (unpaired) electrons. The van der Waals surface area contributed by atoms with E-state index in [0.29, 0.717) is 17.9 Å². The number of para-hydroxylation sites is 1. The Morgan fingerprint density at radius 3 is 2.33 bits per heavy atom. The van der Waals surface area contributed by atoms with Gasteiger partial charge in [0, 0.05) is 0 Å². The predicted molar refractivity (Wildman–Crippen MR) is 89.0 cm³/mol. The highest BCUT2D eigenvalue weighted by molar-refractivity contribution is 9.10. The molecule has 0 spiro atoms. The number of carbonyl (C=O) groups is 1. The van der Waals surface area contributed by atoms with Crippen LogP contribution in [0.3, 0.4) is 0 Å². The lowest BCUT2D eigenvalue weighted by Gasteiger charge is -2.19. The standard InChI is InChI=1S/C18H19BrO2/c1-18(2,3)15-9-7-13(8-10-15)12-21-17-14(11-20)5-4-6-16(17)19/h4-11H,12H2,1-3H3. The van der Waals surface area contributed by atoms with E-state index in [2.05, 4.69) is 61.0 Å². The van der Waals surface area contributed by atoms with Crippen LogP contribution in [0.5, 0.6) is 5.75 Å². The molecule has 0 saturated carbocycles. The molecule has 3 heteroatoms. The summed E-state index contributed by atoms with van der Waals surface area (Å²) in [5.74, 6) is 0.590. The van der Waals surface area contributed by atoms with E-state index in [0.717, 1.165) is 16.3 Å². The second-order valence-electron chi connectivity index (χ2n) is 6.01. The van der Waals surface area contributed by atoms with Gasteiger partial charge in [0.2, 0.25) is 0 Å². The van der Waals surface area contributed by atoms with Crippen LogP contribution in [0.1, 0.15) is 42.3 Å². The van der Waals surface area contributed by atoms with Crippen LogP contribution in [0.25, 0.3) is 0 Å². The van der Waals surface area contributed by atoms with Gasteiger partial charge in [0.05, 0.1) is 10.0 Å². The van der Waals surface area contributed by atoms with E-state index >= 15 is 0 Å². The topological polar surface area (TPSA) is 26.3 Å². The van der Waals surface area contributed by atoms with Crippen molar-refractivity contribution in [3.63, 3.8) is 0 Å². The Kier molecular flexibility index (Phi) is 4.84. The zero-order valence-electron chi connectivity index (χ0n) is 12.5. The van der Waals surface area contributed by atoms with Crippen LogP contribution in [0.15, 0.2) is 46.9 Å². The fraction of sp³-hybridized carbons (Fsp3) is 0.278. The highest BCUT2D eigenvalue weighted by atomic mass is 79.9. The van der Waals surface area contributed by atoms with Crippen LogP contribution in [-0.4, -0.2) is 6.29 Å². The highest BCUT2D eigenvalue weighted by Gasteiger charge is 2.13. The maximum atomic E-state index is 11.0. The van der Waals surface area contributed by atoms with Gasteiger partial charge in [-0.2, -0.15) is 0 Å². The van der Waals surface area contributed by atoms with Gasteiger partial charge < -0.3 is 4.74 Å². The molecule has 0 atom stereocenters. The number of hydrogen-bond acceptors (Lipinski definition) is 2. The van der Waals surface area contributed by atoms with Crippen molar-refractivity contribution >= 4 is 22.2 Å². The van der Waals surface area contributed by atoms with Crippen LogP contribution >= 0.6 is 15.9 Å². The molecule has 0 N–H and O–H groups in total. The SMILES string of the molecule is CC(C)(C)c1ccc(COc2c(Br)cccc2C=O)cc1. The second-order valence-corrected chi connectivity index (χ2v) is 6.87. The fourth-order valence-corrected chi connectivity index (χ4v) is 2.52. The molecule has 2 rings (SSSR count). The quantitative estimate of drug-likeness (QED) is 0.716. The number of carbonyl (C=O) groups excluding carboxylic acids is 1. The van der Waals surface area contributed by atoms with Crippen molar-refractivity contribution in [2.24, 2.45) is 0 Å². The summed E-state index contributed by atoms with van der Waals surface area (Å²) in [5.41, 5.74) is 3.07. The molecule has 110 valence electrons. The number of halogens is 1. The highest BCUT2D eigenvalue weighted by Crippen LogP contribution is 2.29. The predicted octanol–water partition coefficient (Wildman–Crippen LogP) is 5.14. The van der Waals surface area contributed by atoms with E-state index in [4.69, 9.17) is 4.74 Å². The lowest BCUT2D eigenvalue weighted by Crippen LogP contribution is -2.10. The Morgan fingerprint density at radius 2 is 1.76 bits per heavy atom. The monoisotopic (exact) mass is 346 g/mol. The van der Waals surface area contributed by atoms with Crippen molar-refractivity contribution in [3.8, 4) is 5.75 Å². The van der Waals surface area contributed by atoms with Crippen molar-refractivity contribution in [2.45, 2.75) is 32.8 Å². The molecule has 0 aliphatic carbocycles. The van der Waals surface area contributed by atoms with Gasteiger partial charge in [-0.05, 0) is 44.6 Å². The van der Waals surface area contributed by atoms with E-state index in [1.807, 2.05) is 12.1 Å². The molecule has 0 heterocycles. The lowest BCUT2D eigenvalue weighted by atomic mass is 9.87. The fourth-order valence-electron chi connectivity index (χ4n) is 2.03. The minimum absolute atomic E-state index is 0.145. The van der Waals surface area contributed by atoms with Crippen LogP contribution in [0, 0.1) is 0 Å². The third-order valence-corrected chi connectivity index (χ3v) is 3.95. The van der Waals surface area contributed by atoms with Gasteiger partial charge in [0.25, 0.3) is 0 Å².